The minimum Gasteiger partial charge on any atom is -0.298 e. The van der Waals surface area contributed by atoms with E-state index < -0.39 is 0 Å². The molecule has 1 saturated heterocycles. The molecular weight excluding hydrogens is 218 g/mol. The zero-order valence-electron chi connectivity index (χ0n) is 11.6. The van der Waals surface area contributed by atoms with E-state index in [4.69, 9.17) is 0 Å². The molecule has 0 N–H and O–H groups in total. The van der Waals surface area contributed by atoms with E-state index in [0.717, 1.165) is 6.54 Å². The lowest BCUT2D eigenvalue weighted by Crippen LogP contribution is -2.29. The van der Waals surface area contributed by atoms with Crippen molar-refractivity contribution in [3.8, 4) is 0 Å². The fourth-order valence-electron chi connectivity index (χ4n) is 2.48. The van der Waals surface area contributed by atoms with Crippen LogP contribution in [0.25, 0.3) is 0 Å². The molecule has 98 valence electrons. The standard InChI is InChI=1S/C17H25N/c1-3-4-5-16-6-8-17(9-7-16)14-18-12-10-15(2)11-13-18/h6-9H,2-5,10-14H2,1H3. The Morgan fingerprint density at radius 3 is 2.28 bits per heavy atom. The molecule has 1 aromatic rings. The average Bonchev–Trinajstić information content (AvgIpc) is 2.41. The second-order valence-electron chi connectivity index (χ2n) is 5.45. The topological polar surface area (TPSA) is 3.24 Å². The van der Waals surface area contributed by atoms with Crippen LogP contribution in [-0.2, 0) is 13.0 Å². The summed E-state index contributed by atoms with van der Waals surface area (Å²) >= 11 is 0. The minimum absolute atomic E-state index is 1.10. The lowest BCUT2D eigenvalue weighted by molar-refractivity contribution is 0.248. The number of rotatable bonds is 5. The number of hydrogen-bond donors (Lipinski definition) is 0. The Labute approximate surface area is 112 Å². The molecule has 0 saturated carbocycles. The van der Waals surface area contributed by atoms with Crippen LogP contribution in [0.1, 0.15) is 43.7 Å². The molecule has 1 aliphatic heterocycles. The third-order valence-electron chi connectivity index (χ3n) is 3.81. The summed E-state index contributed by atoms with van der Waals surface area (Å²) in [5.74, 6) is 0. The zero-order valence-corrected chi connectivity index (χ0v) is 11.6. The Morgan fingerprint density at radius 2 is 1.67 bits per heavy atom. The van der Waals surface area contributed by atoms with Crippen LogP contribution in [-0.4, -0.2) is 18.0 Å². The van der Waals surface area contributed by atoms with Gasteiger partial charge in [0.15, 0.2) is 0 Å². The van der Waals surface area contributed by atoms with Crippen molar-refractivity contribution in [3.05, 3.63) is 47.5 Å². The predicted octanol–water partition coefficient (Wildman–Crippen LogP) is 4.18. The van der Waals surface area contributed by atoms with Gasteiger partial charge in [-0.25, -0.2) is 0 Å². The van der Waals surface area contributed by atoms with E-state index in [1.165, 1.54) is 61.9 Å². The first-order valence-electron chi connectivity index (χ1n) is 7.24. The summed E-state index contributed by atoms with van der Waals surface area (Å²) in [5.41, 5.74) is 4.34. The molecule has 0 unspecified atom stereocenters. The molecule has 0 radical (unpaired) electrons. The van der Waals surface area contributed by atoms with Gasteiger partial charge < -0.3 is 0 Å². The van der Waals surface area contributed by atoms with Crippen LogP contribution in [0.5, 0.6) is 0 Å². The van der Waals surface area contributed by atoms with Crippen molar-refractivity contribution in [2.75, 3.05) is 13.1 Å². The normalized spacial score (nSPS) is 17.1. The Balaban J connectivity index is 1.84. The lowest BCUT2D eigenvalue weighted by atomic mass is 10.0. The van der Waals surface area contributed by atoms with Crippen molar-refractivity contribution in [3.63, 3.8) is 0 Å². The molecule has 0 atom stereocenters. The number of likely N-dealkylation sites (tertiary alicyclic amines) is 1. The molecule has 1 aliphatic rings. The molecule has 1 heterocycles. The minimum atomic E-state index is 1.10. The first kappa shape index (κ1) is 13.4. The molecule has 0 spiro atoms. The largest absolute Gasteiger partial charge is 0.298 e. The summed E-state index contributed by atoms with van der Waals surface area (Å²) in [5, 5.41) is 0. The number of unbranched alkanes of at least 4 members (excludes halogenated alkanes) is 1. The van der Waals surface area contributed by atoms with E-state index in [1.807, 2.05) is 0 Å². The van der Waals surface area contributed by atoms with Gasteiger partial charge in [-0.05, 0) is 36.8 Å². The van der Waals surface area contributed by atoms with Gasteiger partial charge in [0.1, 0.15) is 0 Å². The second-order valence-corrected chi connectivity index (χ2v) is 5.45. The van der Waals surface area contributed by atoms with Crippen molar-refractivity contribution in [1.82, 2.24) is 4.90 Å². The summed E-state index contributed by atoms with van der Waals surface area (Å²) in [6, 6.07) is 9.20. The van der Waals surface area contributed by atoms with Crippen LogP contribution in [0.15, 0.2) is 36.4 Å². The average molecular weight is 243 g/mol. The maximum atomic E-state index is 4.07. The fraction of sp³-hybridized carbons (Fsp3) is 0.529. The van der Waals surface area contributed by atoms with Gasteiger partial charge >= 0.3 is 0 Å². The van der Waals surface area contributed by atoms with Gasteiger partial charge in [-0.1, -0.05) is 49.8 Å². The van der Waals surface area contributed by atoms with Gasteiger partial charge in [-0.15, -0.1) is 0 Å². The van der Waals surface area contributed by atoms with E-state index in [2.05, 4.69) is 42.7 Å². The smallest absolute Gasteiger partial charge is 0.0233 e. The van der Waals surface area contributed by atoms with Crippen molar-refractivity contribution >= 4 is 0 Å². The molecule has 1 fully saturated rings. The third kappa shape index (κ3) is 3.99. The summed E-state index contributed by atoms with van der Waals surface area (Å²) in [6.07, 6.45) is 6.15. The second kappa shape index (κ2) is 6.75. The molecule has 1 nitrogen and oxygen atoms in total. The number of benzene rings is 1. The zero-order chi connectivity index (χ0) is 12.8. The number of piperidine rings is 1. The molecule has 18 heavy (non-hydrogen) atoms. The Kier molecular flexibility index (Phi) is 5.00. The van der Waals surface area contributed by atoms with Gasteiger partial charge in [-0.3, -0.25) is 4.90 Å². The van der Waals surface area contributed by atoms with Gasteiger partial charge in [0.2, 0.25) is 0 Å². The first-order chi connectivity index (χ1) is 8.78. The molecule has 1 aromatic carbocycles. The van der Waals surface area contributed by atoms with Crippen molar-refractivity contribution in [2.24, 2.45) is 0 Å². The number of aryl methyl sites for hydroxylation is 1. The highest BCUT2D eigenvalue weighted by Gasteiger charge is 2.12. The highest BCUT2D eigenvalue weighted by molar-refractivity contribution is 5.22. The molecule has 1 heteroatoms. The highest BCUT2D eigenvalue weighted by Crippen LogP contribution is 2.17. The lowest BCUT2D eigenvalue weighted by Gasteiger charge is -2.27. The number of nitrogens with zero attached hydrogens (tertiary/aromatic N) is 1. The van der Waals surface area contributed by atoms with Gasteiger partial charge in [0.25, 0.3) is 0 Å². The van der Waals surface area contributed by atoms with Crippen molar-refractivity contribution in [1.29, 1.82) is 0 Å². The van der Waals surface area contributed by atoms with E-state index in [0.29, 0.717) is 0 Å². The summed E-state index contributed by atoms with van der Waals surface area (Å²) in [6.45, 7) is 9.77. The maximum absolute atomic E-state index is 4.07. The summed E-state index contributed by atoms with van der Waals surface area (Å²) in [4.78, 5) is 2.54. The predicted molar refractivity (Wildman–Crippen MR) is 78.7 cm³/mol. The SMILES string of the molecule is C=C1CCN(Cc2ccc(CCCC)cc2)CC1. The van der Waals surface area contributed by atoms with Crippen molar-refractivity contribution < 1.29 is 0 Å². The molecule has 0 bridgehead atoms. The highest BCUT2D eigenvalue weighted by atomic mass is 15.1. The van der Waals surface area contributed by atoms with Gasteiger partial charge in [0, 0.05) is 19.6 Å². The summed E-state index contributed by atoms with van der Waals surface area (Å²) in [7, 11) is 0. The van der Waals surface area contributed by atoms with E-state index in [9.17, 15) is 0 Å². The van der Waals surface area contributed by atoms with Crippen LogP contribution >= 0.6 is 0 Å². The molecular formula is C17H25N. The first-order valence-corrected chi connectivity index (χ1v) is 7.24. The monoisotopic (exact) mass is 243 g/mol. The van der Waals surface area contributed by atoms with Crippen LogP contribution in [0.4, 0.5) is 0 Å². The van der Waals surface area contributed by atoms with E-state index >= 15 is 0 Å². The van der Waals surface area contributed by atoms with E-state index in [-0.39, 0.29) is 0 Å². The van der Waals surface area contributed by atoms with Crippen LogP contribution in [0.3, 0.4) is 0 Å². The Bertz CT molecular complexity index is 367. The summed E-state index contributed by atoms with van der Waals surface area (Å²) < 4.78 is 0. The van der Waals surface area contributed by atoms with Gasteiger partial charge in [-0.2, -0.15) is 0 Å². The van der Waals surface area contributed by atoms with Crippen LogP contribution in [0, 0.1) is 0 Å². The number of hydrogen-bond acceptors (Lipinski definition) is 1. The van der Waals surface area contributed by atoms with E-state index in [1.54, 1.807) is 0 Å². The van der Waals surface area contributed by atoms with Gasteiger partial charge in [0.05, 0.1) is 0 Å². The molecule has 0 amide bonds. The molecule has 0 aromatic heterocycles. The van der Waals surface area contributed by atoms with Crippen LogP contribution in [0.2, 0.25) is 0 Å². The molecule has 2 rings (SSSR count). The maximum Gasteiger partial charge on any atom is 0.0233 e. The third-order valence-corrected chi connectivity index (χ3v) is 3.81. The Hall–Kier alpha value is -1.08. The molecule has 0 aliphatic carbocycles. The van der Waals surface area contributed by atoms with Crippen molar-refractivity contribution in [2.45, 2.75) is 45.6 Å². The van der Waals surface area contributed by atoms with Crippen LogP contribution < -0.4 is 0 Å². The fourth-order valence-corrected chi connectivity index (χ4v) is 2.48. The quantitative estimate of drug-likeness (QED) is 0.701. The Morgan fingerprint density at radius 1 is 1.06 bits per heavy atom.